The summed E-state index contributed by atoms with van der Waals surface area (Å²) in [4.78, 5) is 23.7. The van der Waals surface area contributed by atoms with Crippen LogP contribution in [0.2, 0.25) is 0 Å². The minimum atomic E-state index is -0.524. The van der Waals surface area contributed by atoms with Gasteiger partial charge in [-0.15, -0.1) is 0 Å². The van der Waals surface area contributed by atoms with Crippen LogP contribution in [0.25, 0.3) is 17.4 Å². The number of nitriles is 1. The maximum absolute atomic E-state index is 12.3. The van der Waals surface area contributed by atoms with Gasteiger partial charge in [-0.1, -0.05) is 46.3 Å². The molecule has 2 aromatic carbocycles. The van der Waals surface area contributed by atoms with Crippen molar-refractivity contribution in [2.24, 2.45) is 0 Å². The first kappa shape index (κ1) is 19.3. The van der Waals surface area contributed by atoms with E-state index in [2.05, 4.69) is 21.2 Å². The standard InChI is InChI=1S/C22H15BrN2O3/c1-14(26)15-5-7-16(8-6-15)21-10-9-20(28-21)11-17(13-24)22(27)25-19-4-2-3-18(23)12-19/h2-12H,1H3,(H,25,27)/b17-11-. The van der Waals surface area contributed by atoms with E-state index in [1.807, 2.05) is 12.1 Å². The normalized spacial score (nSPS) is 11.0. The molecule has 0 spiro atoms. The summed E-state index contributed by atoms with van der Waals surface area (Å²) in [5.41, 5.74) is 1.91. The fraction of sp³-hybridized carbons (Fsp3) is 0.0455. The maximum atomic E-state index is 12.3. The van der Waals surface area contributed by atoms with Gasteiger partial charge in [0.2, 0.25) is 0 Å². The van der Waals surface area contributed by atoms with Crippen LogP contribution in [0.5, 0.6) is 0 Å². The molecule has 1 N–H and O–H groups in total. The Morgan fingerprint density at radius 1 is 1.11 bits per heavy atom. The van der Waals surface area contributed by atoms with Crippen molar-refractivity contribution in [3.05, 3.63) is 82.0 Å². The van der Waals surface area contributed by atoms with Gasteiger partial charge in [0, 0.05) is 27.4 Å². The van der Waals surface area contributed by atoms with Crippen molar-refractivity contribution in [2.45, 2.75) is 6.92 Å². The minimum absolute atomic E-state index is 0.00950. The average Bonchev–Trinajstić information content (AvgIpc) is 3.14. The number of furan rings is 1. The van der Waals surface area contributed by atoms with E-state index in [0.29, 0.717) is 22.8 Å². The Balaban J connectivity index is 1.79. The molecule has 0 radical (unpaired) electrons. The molecular formula is C22H15BrN2O3. The summed E-state index contributed by atoms with van der Waals surface area (Å²) in [6.07, 6.45) is 1.39. The van der Waals surface area contributed by atoms with E-state index in [1.165, 1.54) is 13.0 Å². The first-order valence-corrected chi connectivity index (χ1v) is 9.15. The van der Waals surface area contributed by atoms with Gasteiger partial charge in [0.05, 0.1) is 0 Å². The van der Waals surface area contributed by atoms with Gasteiger partial charge in [-0.25, -0.2) is 0 Å². The Labute approximate surface area is 170 Å². The zero-order valence-electron chi connectivity index (χ0n) is 14.9. The quantitative estimate of drug-likeness (QED) is 0.328. The molecule has 0 saturated heterocycles. The molecule has 0 bridgehead atoms. The summed E-state index contributed by atoms with van der Waals surface area (Å²) in [6, 6.07) is 19.4. The molecule has 6 heteroatoms. The van der Waals surface area contributed by atoms with Crippen LogP contribution in [0.4, 0.5) is 5.69 Å². The minimum Gasteiger partial charge on any atom is -0.457 e. The van der Waals surface area contributed by atoms with Crippen LogP contribution >= 0.6 is 15.9 Å². The van der Waals surface area contributed by atoms with E-state index < -0.39 is 5.91 Å². The van der Waals surface area contributed by atoms with Crippen molar-refractivity contribution < 1.29 is 14.0 Å². The summed E-state index contributed by atoms with van der Waals surface area (Å²) < 4.78 is 6.54. The molecule has 1 heterocycles. The van der Waals surface area contributed by atoms with Crippen molar-refractivity contribution >= 4 is 39.4 Å². The molecule has 138 valence electrons. The van der Waals surface area contributed by atoms with E-state index in [-0.39, 0.29) is 11.4 Å². The third-order valence-electron chi connectivity index (χ3n) is 3.94. The van der Waals surface area contributed by atoms with Gasteiger partial charge in [-0.05, 0) is 37.3 Å². The third-order valence-corrected chi connectivity index (χ3v) is 4.43. The van der Waals surface area contributed by atoms with Crippen LogP contribution < -0.4 is 5.32 Å². The van der Waals surface area contributed by atoms with E-state index in [0.717, 1.165) is 10.0 Å². The number of halogens is 1. The van der Waals surface area contributed by atoms with Crippen molar-refractivity contribution in [1.29, 1.82) is 5.26 Å². The highest BCUT2D eigenvalue weighted by atomic mass is 79.9. The molecule has 1 amide bonds. The number of hydrogen-bond acceptors (Lipinski definition) is 4. The SMILES string of the molecule is CC(=O)c1ccc(-c2ccc(/C=C(/C#N)C(=O)Nc3cccc(Br)c3)o2)cc1. The zero-order valence-corrected chi connectivity index (χ0v) is 16.5. The number of Topliss-reactive ketones (excluding diaryl/α,β-unsaturated/α-hetero) is 1. The first-order chi connectivity index (χ1) is 13.5. The molecular weight excluding hydrogens is 420 g/mol. The van der Waals surface area contributed by atoms with Gasteiger partial charge < -0.3 is 9.73 Å². The van der Waals surface area contributed by atoms with Gasteiger partial charge in [-0.2, -0.15) is 5.26 Å². The molecule has 3 rings (SSSR count). The smallest absolute Gasteiger partial charge is 0.266 e. The van der Waals surface area contributed by atoms with Gasteiger partial charge in [0.15, 0.2) is 5.78 Å². The number of rotatable bonds is 5. The number of carbonyl (C=O) groups is 2. The largest absolute Gasteiger partial charge is 0.457 e. The molecule has 0 aliphatic rings. The second-order valence-electron chi connectivity index (χ2n) is 5.97. The predicted octanol–water partition coefficient (Wildman–Crippen LogP) is 5.46. The van der Waals surface area contributed by atoms with Gasteiger partial charge in [0.25, 0.3) is 5.91 Å². The molecule has 0 aliphatic carbocycles. The third kappa shape index (κ3) is 4.64. The second kappa shape index (κ2) is 8.51. The van der Waals surface area contributed by atoms with Gasteiger partial charge in [0.1, 0.15) is 23.2 Å². The van der Waals surface area contributed by atoms with Crippen LogP contribution in [-0.4, -0.2) is 11.7 Å². The lowest BCUT2D eigenvalue weighted by molar-refractivity contribution is -0.112. The van der Waals surface area contributed by atoms with Crippen molar-refractivity contribution in [1.82, 2.24) is 0 Å². The van der Waals surface area contributed by atoms with E-state index >= 15 is 0 Å². The molecule has 5 nitrogen and oxygen atoms in total. The highest BCUT2D eigenvalue weighted by Gasteiger charge is 2.12. The fourth-order valence-electron chi connectivity index (χ4n) is 2.51. The topological polar surface area (TPSA) is 83.1 Å². The summed E-state index contributed by atoms with van der Waals surface area (Å²) in [6.45, 7) is 1.51. The Morgan fingerprint density at radius 2 is 1.86 bits per heavy atom. The number of amides is 1. The van der Waals surface area contributed by atoms with E-state index in [4.69, 9.17) is 4.42 Å². The highest BCUT2D eigenvalue weighted by molar-refractivity contribution is 9.10. The lowest BCUT2D eigenvalue weighted by atomic mass is 10.1. The number of nitrogens with zero attached hydrogens (tertiary/aromatic N) is 1. The van der Waals surface area contributed by atoms with E-state index in [9.17, 15) is 14.9 Å². The molecule has 0 unspecified atom stereocenters. The number of hydrogen-bond donors (Lipinski definition) is 1. The van der Waals surface area contributed by atoms with Crippen molar-refractivity contribution in [3.8, 4) is 17.4 Å². The summed E-state index contributed by atoms with van der Waals surface area (Å²) in [5.74, 6) is 0.423. The Hall–Kier alpha value is -3.43. The van der Waals surface area contributed by atoms with E-state index in [1.54, 1.807) is 54.6 Å². The van der Waals surface area contributed by atoms with Crippen LogP contribution in [0.3, 0.4) is 0 Å². The van der Waals surface area contributed by atoms with Gasteiger partial charge >= 0.3 is 0 Å². The second-order valence-corrected chi connectivity index (χ2v) is 6.89. The Kier molecular flexibility index (Phi) is 5.87. The molecule has 28 heavy (non-hydrogen) atoms. The van der Waals surface area contributed by atoms with Crippen LogP contribution in [-0.2, 0) is 4.79 Å². The number of nitrogens with one attached hydrogen (secondary N) is 1. The maximum Gasteiger partial charge on any atom is 0.266 e. The average molecular weight is 435 g/mol. The first-order valence-electron chi connectivity index (χ1n) is 8.36. The summed E-state index contributed by atoms with van der Waals surface area (Å²) >= 11 is 3.33. The monoisotopic (exact) mass is 434 g/mol. The van der Waals surface area contributed by atoms with Crippen LogP contribution in [0.1, 0.15) is 23.0 Å². The number of benzene rings is 2. The zero-order chi connectivity index (χ0) is 20.1. The number of carbonyl (C=O) groups excluding carboxylic acids is 2. The van der Waals surface area contributed by atoms with Crippen LogP contribution in [0.15, 0.2) is 75.1 Å². The van der Waals surface area contributed by atoms with Gasteiger partial charge in [-0.3, -0.25) is 9.59 Å². The lowest BCUT2D eigenvalue weighted by Crippen LogP contribution is -2.13. The molecule has 0 aliphatic heterocycles. The number of ketones is 1. The summed E-state index contributed by atoms with van der Waals surface area (Å²) in [7, 11) is 0. The highest BCUT2D eigenvalue weighted by Crippen LogP contribution is 2.24. The molecule has 0 saturated carbocycles. The fourth-order valence-corrected chi connectivity index (χ4v) is 2.91. The van der Waals surface area contributed by atoms with Crippen molar-refractivity contribution in [2.75, 3.05) is 5.32 Å². The predicted molar refractivity (Wildman–Crippen MR) is 111 cm³/mol. The molecule has 0 atom stereocenters. The molecule has 0 fully saturated rings. The van der Waals surface area contributed by atoms with Crippen molar-refractivity contribution in [3.63, 3.8) is 0 Å². The Morgan fingerprint density at radius 3 is 2.50 bits per heavy atom. The number of anilines is 1. The summed E-state index contributed by atoms with van der Waals surface area (Å²) in [5, 5.41) is 12.0. The van der Waals surface area contributed by atoms with Crippen LogP contribution in [0, 0.1) is 11.3 Å². The Bertz CT molecular complexity index is 1110. The molecule has 1 aromatic heterocycles. The molecule has 3 aromatic rings. The lowest BCUT2D eigenvalue weighted by Gasteiger charge is -2.04.